The third kappa shape index (κ3) is 2.24. The van der Waals surface area contributed by atoms with Crippen molar-refractivity contribution in [1.29, 1.82) is 0 Å². The van der Waals surface area contributed by atoms with E-state index in [1.807, 2.05) is 0 Å². The lowest BCUT2D eigenvalue weighted by Crippen LogP contribution is -2.46. The van der Waals surface area contributed by atoms with E-state index in [1.165, 1.54) is 6.20 Å². The quantitative estimate of drug-likeness (QED) is 0.632. The Balaban J connectivity index is 1.93. The van der Waals surface area contributed by atoms with Crippen molar-refractivity contribution in [1.82, 2.24) is 10.3 Å². The molecular weight excluding hydrogens is 194 g/mol. The molecule has 0 aliphatic heterocycles. The number of nitrogens with zero attached hydrogens (tertiary/aromatic N) is 1. The van der Waals surface area contributed by atoms with E-state index in [0.29, 0.717) is 24.2 Å². The monoisotopic (exact) mass is 207 g/mol. The summed E-state index contributed by atoms with van der Waals surface area (Å²) in [6, 6.07) is 3.30. The van der Waals surface area contributed by atoms with Gasteiger partial charge < -0.3 is 16.2 Å². The first-order chi connectivity index (χ1) is 7.15. The minimum Gasteiger partial charge on any atom is -0.397 e. The summed E-state index contributed by atoms with van der Waals surface area (Å²) in [7, 11) is 0. The van der Waals surface area contributed by atoms with Gasteiger partial charge in [0.05, 0.1) is 18.0 Å². The predicted molar refractivity (Wildman–Crippen MR) is 55.1 cm³/mol. The minimum absolute atomic E-state index is 0.0758. The Hall–Kier alpha value is -1.62. The van der Waals surface area contributed by atoms with Crippen molar-refractivity contribution >= 4 is 11.6 Å². The molecule has 1 aromatic rings. The molecule has 2 rings (SSSR count). The number of aromatic nitrogens is 1. The number of hydrogen-bond donors (Lipinski definition) is 3. The van der Waals surface area contributed by atoms with Gasteiger partial charge in [-0.15, -0.1) is 0 Å². The molecule has 5 nitrogen and oxygen atoms in total. The molecular formula is C10H13N3O2. The van der Waals surface area contributed by atoms with Crippen molar-refractivity contribution in [3.8, 4) is 0 Å². The molecule has 0 radical (unpaired) electrons. The van der Waals surface area contributed by atoms with Crippen molar-refractivity contribution in [2.24, 2.45) is 0 Å². The van der Waals surface area contributed by atoms with Gasteiger partial charge in [-0.2, -0.15) is 0 Å². The van der Waals surface area contributed by atoms with Crippen LogP contribution in [-0.4, -0.2) is 28.1 Å². The smallest absolute Gasteiger partial charge is 0.270 e. The van der Waals surface area contributed by atoms with Crippen LogP contribution in [0.25, 0.3) is 0 Å². The number of rotatable bonds is 2. The van der Waals surface area contributed by atoms with Gasteiger partial charge in [0.15, 0.2) is 0 Å². The molecule has 80 valence electrons. The fourth-order valence-corrected chi connectivity index (χ4v) is 1.50. The molecule has 1 fully saturated rings. The highest BCUT2D eigenvalue weighted by molar-refractivity contribution is 5.92. The topological polar surface area (TPSA) is 88.2 Å². The van der Waals surface area contributed by atoms with Crippen molar-refractivity contribution in [2.75, 3.05) is 5.73 Å². The summed E-state index contributed by atoms with van der Waals surface area (Å²) in [5.41, 5.74) is 6.34. The Bertz CT molecular complexity index is 357. The van der Waals surface area contributed by atoms with Crippen molar-refractivity contribution in [3.05, 3.63) is 24.0 Å². The zero-order valence-corrected chi connectivity index (χ0v) is 8.18. The fraction of sp³-hybridized carbons (Fsp3) is 0.400. The lowest BCUT2D eigenvalue weighted by Gasteiger charge is -2.31. The summed E-state index contributed by atoms with van der Waals surface area (Å²) >= 11 is 0. The largest absolute Gasteiger partial charge is 0.397 e. The summed E-state index contributed by atoms with van der Waals surface area (Å²) < 4.78 is 0. The number of aliphatic hydroxyl groups excluding tert-OH is 1. The van der Waals surface area contributed by atoms with Crippen LogP contribution in [0.3, 0.4) is 0 Å². The lowest BCUT2D eigenvalue weighted by atomic mass is 9.89. The Morgan fingerprint density at radius 3 is 2.80 bits per heavy atom. The molecule has 0 aromatic carbocycles. The Morgan fingerprint density at radius 2 is 2.27 bits per heavy atom. The second kappa shape index (κ2) is 3.86. The molecule has 0 bridgehead atoms. The maximum atomic E-state index is 11.6. The summed E-state index contributed by atoms with van der Waals surface area (Å²) in [6.07, 6.45) is 2.43. The third-order valence-electron chi connectivity index (χ3n) is 2.47. The summed E-state index contributed by atoms with van der Waals surface area (Å²) in [4.78, 5) is 15.5. The van der Waals surface area contributed by atoms with Gasteiger partial charge >= 0.3 is 0 Å². The highest BCUT2D eigenvalue weighted by Gasteiger charge is 2.28. The first-order valence-corrected chi connectivity index (χ1v) is 4.85. The standard InChI is InChI=1S/C10H13N3O2/c11-6-1-2-9(12-5-6)10(15)13-7-3-8(14)4-7/h1-2,5,7-8,14H,3-4,11H2,(H,13,15). The van der Waals surface area contributed by atoms with Crippen molar-refractivity contribution in [3.63, 3.8) is 0 Å². The second-order valence-corrected chi connectivity index (χ2v) is 3.77. The van der Waals surface area contributed by atoms with Crippen LogP contribution >= 0.6 is 0 Å². The molecule has 0 spiro atoms. The van der Waals surface area contributed by atoms with Gasteiger partial charge in [0.25, 0.3) is 5.91 Å². The summed E-state index contributed by atoms with van der Waals surface area (Å²) in [5.74, 6) is -0.216. The Kier molecular flexibility index (Phi) is 2.55. The van der Waals surface area contributed by atoms with Crippen LogP contribution in [-0.2, 0) is 0 Å². The molecule has 5 heteroatoms. The lowest BCUT2D eigenvalue weighted by molar-refractivity contribution is 0.0560. The molecule has 1 aliphatic carbocycles. The Labute approximate surface area is 87.3 Å². The van der Waals surface area contributed by atoms with Gasteiger partial charge in [-0.3, -0.25) is 4.79 Å². The number of amides is 1. The van der Waals surface area contributed by atoms with Crippen LogP contribution in [0.5, 0.6) is 0 Å². The molecule has 1 heterocycles. The number of hydrogen-bond acceptors (Lipinski definition) is 4. The van der Waals surface area contributed by atoms with Crippen molar-refractivity contribution in [2.45, 2.75) is 25.0 Å². The number of carbonyl (C=O) groups is 1. The number of anilines is 1. The van der Waals surface area contributed by atoms with Gasteiger partial charge in [-0.05, 0) is 25.0 Å². The zero-order chi connectivity index (χ0) is 10.8. The van der Waals surface area contributed by atoms with Crippen LogP contribution in [0, 0.1) is 0 Å². The van der Waals surface area contributed by atoms with E-state index < -0.39 is 0 Å². The molecule has 1 amide bonds. The fourth-order valence-electron chi connectivity index (χ4n) is 1.50. The Morgan fingerprint density at radius 1 is 1.53 bits per heavy atom. The number of aliphatic hydroxyl groups is 1. The number of nitrogens with one attached hydrogen (secondary N) is 1. The third-order valence-corrected chi connectivity index (χ3v) is 2.47. The van der Waals surface area contributed by atoms with Gasteiger partial charge in [0.2, 0.25) is 0 Å². The summed E-state index contributed by atoms with van der Waals surface area (Å²) in [6.45, 7) is 0. The maximum absolute atomic E-state index is 11.6. The van der Waals surface area contributed by atoms with Gasteiger partial charge in [0, 0.05) is 6.04 Å². The van der Waals surface area contributed by atoms with Crippen LogP contribution in [0.1, 0.15) is 23.3 Å². The number of nitrogens with two attached hydrogens (primary N) is 1. The maximum Gasteiger partial charge on any atom is 0.270 e. The molecule has 4 N–H and O–H groups in total. The average Bonchev–Trinajstić information content (AvgIpc) is 2.16. The normalized spacial score (nSPS) is 24.3. The van der Waals surface area contributed by atoms with Gasteiger partial charge in [-0.25, -0.2) is 4.98 Å². The summed E-state index contributed by atoms with van der Waals surface area (Å²) in [5, 5.41) is 11.8. The van der Waals surface area contributed by atoms with Gasteiger partial charge in [0.1, 0.15) is 5.69 Å². The molecule has 0 atom stereocenters. The van der Waals surface area contributed by atoms with E-state index >= 15 is 0 Å². The van der Waals surface area contributed by atoms with E-state index in [9.17, 15) is 4.79 Å². The van der Waals surface area contributed by atoms with Gasteiger partial charge in [-0.1, -0.05) is 0 Å². The van der Waals surface area contributed by atoms with E-state index in [1.54, 1.807) is 12.1 Å². The molecule has 1 aliphatic rings. The van der Waals surface area contributed by atoms with Crippen LogP contribution < -0.4 is 11.1 Å². The number of pyridine rings is 1. The number of carbonyl (C=O) groups excluding carboxylic acids is 1. The van der Waals surface area contributed by atoms with E-state index in [4.69, 9.17) is 10.8 Å². The molecule has 1 saturated carbocycles. The highest BCUT2D eigenvalue weighted by Crippen LogP contribution is 2.19. The van der Waals surface area contributed by atoms with E-state index in [0.717, 1.165) is 0 Å². The zero-order valence-electron chi connectivity index (χ0n) is 8.18. The molecule has 15 heavy (non-hydrogen) atoms. The first-order valence-electron chi connectivity index (χ1n) is 4.85. The minimum atomic E-state index is -0.269. The van der Waals surface area contributed by atoms with Crippen LogP contribution in [0.4, 0.5) is 5.69 Å². The van der Waals surface area contributed by atoms with E-state index in [2.05, 4.69) is 10.3 Å². The SMILES string of the molecule is Nc1ccc(C(=O)NC2CC(O)C2)nc1. The predicted octanol–water partition coefficient (Wildman–Crippen LogP) is -0.0831. The molecule has 1 aromatic heterocycles. The number of nitrogen functional groups attached to an aromatic ring is 1. The van der Waals surface area contributed by atoms with Crippen LogP contribution in [0.2, 0.25) is 0 Å². The average molecular weight is 207 g/mol. The second-order valence-electron chi connectivity index (χ2n) is 3.77. The van der Waals surface area contributed by atoms with Crippen molar-refractivity contribution < 1.29 is 9.90 Å². The molecule has 0 unspecified atom stereocenters. The van der Waals surface area contributed by atoms with Crippen LogP contribution in [0.15, 0.2) is 18.3 Å². The molecule has 0 saturated heterocycles. The highest BCUT2D eigenvalue weighted by atomic mass is 16.3. The van der Waals surface area contributed by atoms with E-state index in [-0.39, 0.29) is 18.1 Å². The first kappa shape index (κ1) is 9.92.